The lowest BCUT2D eigenvalue weighted by Gasteiger charge is -2.42. The Morgan fingerprint density at radius 1 is 1.43 bits per heavy atom. The van der Waals surface area contributed by atoms with Gasteiger partial charge in [0.25, 0.3) is 0 Å². The molecule has 0 aliphatic carbocycles. The Bertz CT molecular complexity index is 207. The Kier molecular flexibility index (Phi) is 3.71. The van der Waals surface area contributed by atoms with Gasteiger partial charge in [0.1, 0.15) is 0 Å². The van der Waals surface area contributed by atoms with Crippen molar-refractivity contribution in [1.29, 1.82) is 0 Å². The van der Waals surface area contributed by atoms with E-state index in [1.54, 1.807) is 0 Å². The zero-order valence-corrected chi connectivity index (χ0v) is 9.14. The maximum atomic E-state index is 8.48. The molecule has 0 bridgehead atoms. The molecule has 5 nitrogen and oxygen atoms in total. The van der Waals surface area contributed by atoms with Gasteiger partial charge in [0.15, 0.2) is 5.84 Å². The zero-order chi connectivity index (χ0) is 10.7. The van der Waals surface area contributed by atoms with Crippen LogP contribution in [0.25, 0.3) is 0 Å². The second kappa shape index (κ2) is 4.61. The smallest absolute Gasteiger partial charge is 0.153 e. The van der Waals surface area contributed by atoms with Crippen molar-refractivity contribution in [3.63, 3.8) is 0 Å². The van der Waals surface area contributed by atoms with Crippen molar-refractivity contribution in [2.45, 2.75) is 25.9 Å². The van der Waals surface area contributed by atoms with E-state index in [1.807, 2.05) is 0 Å². The summed E-state index contributed by atoms with van der Waals surface area (Å²) in [4.78, 5) is 4.56. The number of nitrogens with two attached hydrogens (primary N) is 1. The Morgan fingerprint density at radius 3 is 2.36 bits per heavy atom. The molecular weight excluding hydrogens is 180 g/mol. The van der Waals surface area contributed by atoms with E-state index in [0.717, 1.165) is 13.1 Å². The van der Waals surface area contributed by atoms with Crippen LogP contribution in [0.3, 0.4) is 0 Å². The van der Waals surface area contributed by atoms with Crippen molar-refractivity contribution in [2.75, 3.05) is 26.7 Å². The summed E-state index contributed by atoms with van der Waals surface area (Å²) in [6, 6.07) is 1.04. The number of hydrogen-bond donors (Lipinski definition) is 2. The van der Waals surface area contributed by atoms with E-state index < -0.39 is 0 Å². The lowest BCUT2D eigenvalue weighted by molar-refractivity contribution is 0.0691. The fourth-order valence-corrected chi connectivity index (χ4v) is 1.90. The van der Waals surface area contributed by atoms with E-state index in [0.29, 0.717) is 18.6 Å². The first-order chi connectivity index (χ1) is 6.54. The molecule has 0 amide bonds. The van der Waals surface area contributed by atoms with E-state index in [1.165, 1.54) is 0 Å². The first-order valence-corrected chi connectivity index (χ1v) is 4.95. The summed E-state index contributed by atoms with van der Waals surface area (Å²) in [5, 5.41) is 11.5. The highest BCUT2D eigenvalue weighted by atomic mass is 16.4. The molecule has 1 heterocycles. The molecular formula is C9H20N4O. The van der Waals surface area contributed by atoms with Crippen LogP contribution >= 0.6 is 0 Å². The van der Waals surface area contributed by atoms with Gasteiger partial charge in [0, 0.05) is 25.2 Å². The molecule has 0 aromatic heterocycles. The van der Waals surface area contributed by atoms with Crippen LogP contribution in [0.2, 0.25) is 0 Å². The van der Waals surface area contributed by atoms with Crippen molar-refractivity contribution < 1.29 is 5.21 Å². The Hall–Kier alpha value is -0.810. The average Bonchev–Trinajstić information content (AvgIpc) is 2.14. The van der Waals surface area contributed by atoms with Gasteiger partial charge in [-0.3, -0.25) is 9.80 Å². The van der Waals surface area contributed by atoms with Crippen LogP contribution in [0.1, 0.15) is 13.8 Å². The van der Waals surface area contributed by atoms with Crippen LogP contribution in [-0.4, -0.2) is 59.6 Å². The van der Waals surface area contributed by atoms with E-state index >= 15 is 0 Å². The fourth-order valence-electron chi connectivity index (χ4n) is 1.90. The highest BCUT2D eigenvalue weighted by molar-refractivity contribution is 5.81. The summed E-state index contributed by atoms with van der Waals surface area (Å²) in [7, 11) is 2.14. The van der Waals surface area contributed by atoms with Gasteiger partial charge >= 0.3 is 0 Å². The predicted molar refractivity (Wildman–Crippen MR) is 56.5 cm³/mol. The molecule has 0 spiro atoms. The van der Waals surface area contributed by atoms with Crippen LogP contribution in [0.4, 0.5) is 0 Å². The molecule has 14 heavy (non-hydrogen) atoms. The Labute approximate surface area is 85.2 Å². The highest BCUT2D eigenvalue weighted by Crippen LogP contribution is 2.12. The van der Waals surface area contributed by atoms with Crippen molar-refractivity contribution in [3.05, 3.63) is 0 Å². The largest absolute Gasteiger partial charge is 0.409 e. The molecule has 1 rings (SSSR count). The summed E-state index contributed by atoms with van der Waals surface area (Å²) in [5.74, 6) is 0.286. The van der Waals surface area contributed by atoms with Gasteiger partial charge in [0.05, 0.1) is 6.54 Å². The molecule has 0 aromatic rings. The van der Waals surface area contributed by atoms with Gasteiger partial charge in [-0.25, -0.2) is 0 Å². The second-order valence-corrected chi connectivity index (χ2v) is 4.15. The summed E-state index contributed by atoms with van der Waals surface area (Å²) in [5.41, 5.74) is 5.47. The van der Waals surface area contributed by atoms with Gasteiger partial charge in [-0.2, -0.15) is 0 Å². The number of nitrogens with zero attached hydrogens (tertiary/aromatic N) is 3. The van der Waals surface area contributed by atoms with Gasteiger partial charge in [-0.05, 0) is 20.9 Å². The molecule has 1 aliphatic rings. The minimum Gasteiger partial charge on any atom is -0.409 e. The quantitative estimate of drug-likeness (QED) is 0.279. The molecule has 0 saturated carbocycles. The van der Waals surface area contributed by atoms with E-state index in [4.69, 9.17) is 10.9 Å². The number of hydrogen-bond acceptors (Lipinski definition) is 4. The van der Waals surface area contributed by atoms with Crippen molar-refractivity contribution >= 4 is 5.84 Å². The summed E-state index contributed by atoms with van der Waals surface area (Å²) in [6.07, 6.45) is 0. The highest BCUT2D eigenvalue weighted by Gasteiger charge is 2.26. The minimum absolute atomic E-state index is 0.286. The molecule has 1 saturated heterocycles. The molecule has 2 atom stereocenters. The topological polar surface area (TPSA) is 65.1 Å². The monoisotopic (exact) mass is 200 g/mol. The van der Waals surface area contributed by atoms with E-state index in [-0.39, 0.29) is 5.84 Å². The summed E-state index contributed by atoms with van der Waals surface area (Å²) < 4.78 is 0. The molecule has 3 N–H and O–H groups in total. The fraction of sp³-hybridized carbons (Fsp3) is 0.889. The van der Waals surface area contributed by atoms with Crippen LogP contribution in [0.5, 0.6) is 0 Å². The van der Waals surface area contributed by atoms with Crippen LogP contribution in [0.15, 0.2) is 5.16 Å². The molecule has 0 aromatic carbocycles. The van der Waals surface area contributed by atoms with Gasteiger partial charge < -0.3 is 10.9 Å². The van der Waals surface area contributed by atoms with Crippen LogP contribution in [0, 0.1) is 0 Å². The number of oxime groups is 1. The third kappa shape index (κ3) is 2.59. The standard InChI is InChI=1S/C9H20N4O/c1-7-4-13(6-9(10)11-14)5-8(2)12(7)3/h7-8,14H,4-6H2,1-3H3,(H2,10,11)/t7-,8+. The Morgan fingerprint density at radius 2 is 1.93 bits per heavy atom. The van der Waals surface area contributed by atoms with E-state index in [2.05, 4.69) is 35.9 Å². The van der Waals surface area contributed by atoms with Crippen molar-refractivity contribution in [2.24, 2.45) is 10.9 Å². The Balaban J connectivity index is 2.50. The molecule has 1 aliphatic heterocycles. The van der Waals surface area contributed by atoms with Gasteiger partial charge in [-0.1, -0.05) is 5.16 Å². The second-order valence-electron chi connectivity index (χ2n) is 4.15. The average molecular weight is 200 g/mol. The molecule has 5 heteroatoms. The van der Waals surface area contributed by atoms with E-state index in [9.17, 15) is 0 Å². The predicted octanol–water partition coefficient (Wildman–Crippen LogP) is -0.243. The summed E-state index contributed by atoms with van der Waals surface area (Å²) >= 11 is 0. The maximum absolute atomic E-state index is 8.48. The number of likely N-dealkylation sites (N-methyl/N-ethyl adjacent to an activating group) is 1. The number of rotatable bonds is 2. The lowest BCUT2D eigenvalue weighted by atomic mass is 10.1. The molecule has 82 valence electrons. The normalized spacial score (nSPS) is 32.1. The third-order valence-electron chi connectivity index (χ3n) is 2.95. The van der Waals surface area contributed by atoms with Crippen LogP contribution < -0.4 is 5.73 Å². The zero-order valence-electron chi connectivity index (χ0n) is 9.14. The van der Waals surface area contributed by atoms with Crippen molar-refractivity contribution in [3.8, 4) is 0 Å². The SMILES string of the molecule is C[C@@H]1CN(C/C(N)=N/O)C[C@H](C)N1C. The third-order valence-corrected chi connectivity index (χ3v) is 2.95. The summed E-state index contributed by atoms with van der Waals surface area (Å²) in [6.45, 7) is 6.87. The number of amidine groups is 1. The minimum atomic E-state index is 0.286. The molecule has 0 unspecified atom stereocenters. The lowest BCUT2D eigenvalue weighted by Crippen LogP contribution is -2.56. The van der Waals surface area contributed by atoms with Crippen LogP contribution in [-0.2, 0) is 0 Å². The first kappa shape index (κ1) is 11.3. The first-order valence-electron chi connectivity index (χ1n) is 4.95. The molecule has 1 fully saturated rings. The van der Waals surface area contributed by atoms with Gasteiger partial charge in [-0.15, -0.1) is 0 Å². The van der Waals surface area contributed by atoms with Gasteiger partial charge in [0.2, 0.25) is 0 Å². The maximum Gasteiger partial charge on any atom is 0.153 e. The molecule has 0 radical (unpaired) electrons. The van der Waals surface area contributed by atoms with Crippen molar-refractivity contribution in [1.82, 2.24) is 9.80 Å². The number of piperazine rings is 1.